The monoisotopic (exact) mass is 389 g/mol. The molecule has 0 radical (unpaired) electrons. The fourth-order valence-electron chi connectivity index (χ4n) is 3.28. The summed E-state index contributed by atoms with van der Waals surface area (Å²) >= 11 is 6.00. The molecule has 1 amide bonds. The van der Waals surface area contributed by atoms with Crippen LogP contribution in [-0.4, -0.2) is 15.3 Å². The van der Waals surface area contributed by atoms with Crippen LogP contribution in [-0.2, 0) is 17.8 Å². The maximum Gasteiger partial charge on any atom is 0.220 e. The Hall–Kier alpha value is -3.11. The maximum absolute atomic E-state index is 12.4. The topological polar surface area (TPSA) is 46.4 Å². The van der Waals surface area contributed by atoms with E-state index in [2.05, 4.69) is 9.72 Å². The number of rotatable bonds is 6. The molecular weight excluding hydrogens is 370 g/mol. The number of fused-ring (bicyclic) bond motifs is 1. The highest BCUT2D eigenvalue weighted by molar-refractivity contribution is 6.30. The Morgan fingerprint density at radius 2 is 1.82 bits per heavy atom. The largest absolute Gasteiger partial charge is 0.352 e. The number of amides is 1. The van der Waals surface area contributed by atoms with Crippen molar-refractivity contribution in [2.24, 2.45) is 0 Å². The molecule has 0 bridgehead atoms. The van der Waals surface area contributed by atoms with E-state index in [0.717, 1.165) is 28.2 Å². The third-order valence-electron chi connectivity index (χ3n) is 4.64. The Morgan fingerprint density at radius 1 is 1.00 bits per heavy atom. The van der Waals surface area contributed by atoms with Crippen molar-refractivity contribution in [3.63, 3.8) is 0 Å². The van der Waals surface area contributed by atoms with E-state index in [1.165, 1.54) is 0 Å². The van der Waals surface area contributed by atoms with Gasteiger partial charge in [-0.15, -0.1) is 0 Å². The molecule has 0 aliphatic heterocycles. The normalized spacial score (nSPS) is 10.9. The minimum Gasteiger partial charge on any atom is -0.352 e. The number of pyridine rings is 1. The molecular formula is C23H20ClN3O. The van der Waals surface area contributed by atoms with E-state index >= 15 is 0 Å². The summed E-state index contributed by atoms with van der Waals surface area (Å²) in [6.45, 7) is 0.470. The second-order valence-corrected chi connectivity index (χ2v) is 7.05. The van der Waals surface area contributed by atoms with E-state index in [-0.39, 0.29) is 5.91 Å². The summed E-state index contributed by atoms with van der Waals surface area (Å²) in [5.41, 5.74) is 4.89. The van der Waals surface area contributed by atoms with Crippen molar-refractivity contribution >= 4 is 23.2 Å². The van der Waals surface area contributed by atoms with Gasteiger partial charge in [0.15, 0.2) is 0 Å². The highest BCUT2D eigenvalue weighted by atomic mass is 35.5. The van der Waals surface area contributed by atoms with Gasteiger partial charge < -0.3 is 9.72 Å². The van der Waals surface area contributed by atoms with Gasteiger partial charge in [-0.05, 0) is 36.2 Å². The van der Waals surface area contributed by atoms with Crippen molar-refractivity contribution in [1.82, 2.24) is 14.7 Å². The number of nitrogens with zero attached hydrogens (tertiary/aromatic N) is 2. The summed E-state index contributed by atoms with van der Waals surface area (Å²) in [5, 5.41) is 3.64. The van der Waals surface area contributed by atoms with E-state index in [0.29, 0.717) is 24.4 Å². The maximum atomic E-state index is 12.4. The lowest BCUT2D eigenvalue weighted by molar-refractivity contribution is -0.121. The van der Waals surface area contributed by atoms with E-state index in [4.69, 9.17) is 16.6 Å². The summed E-state index contributed by atoms with van der Waals surface area (Å²) in [6.07, 6.45) is 2.99. The minimum atomic E-state index is 0.00451. The number of benzene rings is 2. The Bertz CT molecular complexity index is 1110. The van der Waals surface area contributed by atoms with Gasteiger partial charge in [-0.25, -0.2) is 4.98 Å². The first-order valence-corrected chi connectivity index (χ1v) is 9.61. The molecule has 0 atom stereocenters. The highest BCUT2D eigenvalue weighted by Gasteiger charge is 2.15. The Balaban J connectivity index is 1.50. The first-order valence-electron chi connectivity index (χ1n) is 9.23. The third kappa shape index (κ3) is 4.07. The second-order valence-electron chi connectivity index (χ2n) is 6.61. The molecule has 4 nitrogen and oxygen atoms in total. The van der Waals surface area contributed by atoms with Gasteiger partial charge in [0.05, 0.1) is 11.4 Å². The highest BCUT2D eigenvalue weighted by Crippen LogP contribution is 2.25. The molecule has 0 saturated heterocycles. The molecule has 2 aromatic heterocycles. The van der Waals surface area contributed by atoms with Crippen LogP contribution in [0.1, 0.15) is 17.7 Å². The van der Waals surface area contributed by atoms with Crippen molar-refractivity contribution < 1.29 is 4.79 Å². The lowest BCUT2D eigenvalue weighted by Crippen LogP contribution is -2.23. The molecule has 1 N–H and O–H groups in total. The minimum absolute atomic E-state index is 0.00451. The third-order valence-corrected chi connectivity index (χ3v) is 4.88. The lowest BCUT2D eigenvalue weighted by atomic mass is 10.1. The van der Waals surface area contributed by atoms with Crippen LogP contribution in [0.4, 0.5) is 0 Å². The molecule has 0 fully saturated rings. The van der Waals surface area contributed by atoms with Crippen molar-refractivity contribution in [3.05, 3.63) is 95.3 Å². The van der Waals surface area contributed by atoms with Gasteiger partial charge in [0, 0.05) is 29.7 Å². The van der Waals surface area contributed by atoms with Crippen molar-refractivity contribution in [2.75, 3.05) is 0 Å². The first kappa shape index (κ1) is 18.3. The fraction of sp³-hybridized carbons (Fsp3) is 0.130. The van der Waals surface area contributed by atoms with Gasteiger partial charge in [-0.1, -0.05) is 60.1 Å². The number of hydrogen-bond acceptors (Lipinski definition) is 2. The number of carbonyl (C=O) groups is 1. The zero-order valence-corrected chi connectivity index (χ0v) is 16.1. The molecule has 28 heavy (non-hydrogen) atoms. The fourth-order valence-corrected chi connectivity index (χ4v) is 3.49. The standard InChI is InChI=1S/C23H20ClN3O/c24-19-10-6-7-17(15-19)16-25-22(28)13-12-20-23(18-8-2-1-3-9-18)26-21-11-4-5-14-27(20)21/h1-11,14-15H,12-13,16H2,(H,25,28). The number of aromatic nitrogens is 2. The van der Waals surface area contributed by atoms with Crippen LogP contribution >= 0.6 is 11.6 Å². The molecule has 5 heteroatoms. The Kier molecular flexibility index (Phi) is 5.40. The Labute approximate surface area is 168 Å². The van der Waals surface area contributed by atoms with Crippen LogP contribution in [0.5, 0.6) is 0 Å². The van der Waals surface area contributed by atoms with E-state index in [1.807, 2.05) is 79.0 Å². The Morgan fingerprint density at radius 3 is 2.64 bits per heavy atom. The van der Waals surface area contributed by atoms with Crippen LogP contribution in [0.25, 0.3) is 16.9 Å². The molecule has 2 heterocycles. The van der Waals surface area contributed by atoms with Crippen LogP contribution in [0, 0.1) is 0 Å². The second kappa shape index (κ2) is 8.28. The number of aryl methyl sites for hydroxylation is 1. The number of carbonyl (C=O) groups excluding carboxylic acids is 1. The van der Waals surface area contributed by atoms with Crippen molar-refractivity contribution in [1.29, 1.82) is 0 Å². The summed E-state index contributed by atoms with van der Waals surface area (Å²) in [4.78, 5) is 17.2. The van der Waals surface area contributed by atoms with Crippen LogP contribution in [0.15, 0.2) is 79.0 Å². The van der Waals surface area contributed by atoms with Crippen LogP contribution in [0.2, 0.25) is 5.02 Å². The van der Waals surface area contributed by atoms with Gasteiger partial charge in [0.1, 0.15) is 5.65 Å². The van der Waals surface area contributed by atoms with Gasteiger partial charge >= 0.3 is 0 Å². The molecule has 0 spiro atoms. The van der Waals surface area contributed by atoms with Gasteiger partial charge in [0.25, 0.3) is 0 Å². The number of nitrogens with one attached hydrogen (secondary N) is 1. The van der Waals surface area contributed by atoms with Gasteiger partial charge in [-0.2, -0.15) is 0 Å². The van der Waals surface area contributed by atoms with Gasteiger partial charge in [-0.3, -0.25) is 4.79 Å². The summed E-state index contributed by atoms with van der Waals surface area (Å²) in [5.74, 6) is 0.00451. The smallest absolute Gasteiger partial charge is 0.220 e. The van der Waals surface area contributed by atoms with Crippen LogP contribution in [0.3, 0.4) is 0 Å². The molecule has 2 aromatic carbocycles. The number of hydrogen-bond donors (Lipinski definition) is 1. The molecule has 0 aliphatic carbocycles. The zero-order chi connectivity index (χ0) is 19.3. The quantitative estimate of drug-likeness (QED) is 0.509. The SMILES string of the molecule is O=C(CCc1c(-c2ccccc2)nc2ccccn12)NCc1cccc(Cl)c1. The molecule has 4 aromatic rings. The van der Waals surface area contributed by atoms with E-state index in [1.54, 1.807) is 0 Å². The first-order chi connectivity index (χ1) is 13.7. The summed E-state index contributed by atoms with van der Waals surface area (Å²) in [6, 6.07) is 23.5. The molecule has 0 aliphatic rings. The average Bonchev–Trinajstić information content (AvgIpc) is 3.10. The number of imidazole rings is 1. The number of halogens is 1. The van der Waals surface area contributed by atoms with Crippen LogP contribution < -0.4 is 5.32 Å². The van der Waals surface area contributed by atoms with E-state index < -0.39 is 0 Å². The summed E-state index contributed by atoms with van der Waals surface area (Å²) < 4.78 is 2.06. The lowest BCUT2D eigenvalue weighted by Gasteiger charge is -2.08. The molecule has 0 saturated carbocycles. The molecule has 0 unspecified atom stereocenters. The zero-order valence-electron chi connectivity index (χ0n) is 15.3. The van der Waals surface area contributed by atoms with Crippen molar-refractivity contribution in [2.45, 2.75) is 19.4 Å². The predicted octanol–water partition coefficient (Wildman–Crippen LogP) is 4.90. The van der Waals surface area contributed by atoms with Crippen molar-refractivity contribution in [3.8, 4) is 11.3 Å². The summed E-state index contributed by atoms with van der Waals surface area (Å²) in [7, 11) is 0. The predicted molar refractivity (Wildman–Crippen MR) is 112 cm³/mol. The average molecular weight is 390 g/mol. The van der Waals surface area contributed by atoms with Gasteiger partial charge in [0.2, 0.25) is 5.91 Å². The van der Waals surface area contributed by atoms with E-state index in [9.17, 15) is 4.79 Å². The molecule has 140 valence electrons. The molecule has 4 rings (SSSR count).